The maximum Gasteiger partial charge on any atom is 0.275 e. The van der Waals surface area contributed by atoms with E-state index in [1.165, 1.54) is 0 Å². The van der Waals surface area contributed by atoms with Gasteiger partial charge in [-0.25, -0.2) is 5.14 Å². The van der Waals surface area contributed by atoms with Gasteiger partial charge in [-0.1, -0.05) is 12.1 Å². The average Bonchev–Trinajstić information content (AvgIpc) is 2.18. The lowest BCUT2D eigenvalue weighted by molar-refractivity contribution is 0.267. The van der Waals surface area contributed by atoms with Gasteiger partial charge in [-0.15, -0.1) is 0 Å². The van der Waals surface area contributed by atoms with Crippen molar-refractivity contribution in [1.82, 2.24) is 4.72 Å². The molecule has 0 radical (unpaired) electrons. The molecule has 0 aliphatic heterocycles. The number of hydrogen-bond acceptors (Lipinski definition) is 4. The van der Waals surface area contributed by atoms with Crippen molar-refractivity contribution in [2.75, 3.05) is 0 Å². The lowest BCUT2D eigenvalue weighted by atomic mass is 9.77. The van der Waals surface area contributed by atoms with Crippen molar-refractivity contribution in [2.45, 2.75) is 38.1 Å². The average molecular weight is 250 g/mol. The number of oxime groups is 1. The van der Waals surface area contributed by atoms with E-state index in [2.05, 4.69) is 16.8 Å². The highest BCUT2D eigenvalue weighted by Gasteiger charge is 2.40. The van der Waals surface area contributed by atoms with Crippen LogP contribution in [0, 0.1) is 5.92 Å². The maximum absolute atomic E-state index is 11.1. The Morgan fingerprint density at radius 3 is 2.38 bits per heavy atom. The summed E-state index contributed by atoms with van der Waals surface area (Å²) in [6.45, 7) is 2.08. The Morgan fingerprint density at radius 2 is 2.00 bits per heavy atom. The molecular weight excluding hydrogens is 232 g/mol. The first-order chi connectivity index (χ1) is 7.29. The Labute approximate surface area is 95.1 Å². The molecule has 16 heavy (non-hydrogen) atoms. The van der Waals surface area contributed by atoms with E-state index >= 15 is 0 Å². The molecule has 0 saturated heterocycles. The van der Waals surface area contributed by atoms with Crippen LogP contribution in [0.1, 0.15) is 32.6 Å². The van der Waals surface area contributed by atoms with Crippen LogP contribution in [0.15, 0.2) is 5.16 Å². The summed E-state index contributed by atoms with van der Waals surface area (Å²) in [5.41, 5.74) is 4.52. The fourth-order valence-electron chi connectivity index (χ4n) is 2.03. The van der Waals surface area contributed by atoms with Gasteiger partial charge in [0, 0.05) is 0 Å². The Bertz CT molecular complexity index is 371. The smallest absolute Gasteiger partial charge is 0.275 e. The van der Waals surface area contributed by atoms with Crippen LogP contribution in [0.2, 0.25) is 0 Å². The normalized spacial score (nSPS) is 32.6. The van der Waals surface area contributed by atoms with Crippen LogP contribution >= 0.6 is 0 Å². The number of nitrogens with one attached hydrogen (secondary N) is 1. The van der Waals surface area contributed by atoms with Crippen molar-refractivity contribution in [3.63, 3.8) is 0 Å². The fraction of sp³-hybridized carbons (Fsp3) is 0.875. The number of rotatable bonds is 3. The first kappa shape index (κ1) is 13.2. The summed E-state index contributed by atoms with van der Waals surface area (Å²) >= 11 is 0. The molecule has 0 aromatic rings. The van der Waals surface area contributed by atoms with Crippen molar-refractivity contribution in [3.05, 3.63) is 0 Å². The zero-order valence-corrected chi connectivity index (χ0v) is 10.00. The van der Waals surface area contributed by atoms with Crippen LogP contribution in [-0.2, 0) is 10.2 Å². The Morgan fingerprint density at radius 1 is 1.50 bits per heavy atom. The minimum Gasteiger partial charge on any atom is -0.409 e. The molecular formula is C8H18N4O3S. The Balaban J connectivity index is 2.95. The second-order valence-corrected chi connectivity index (χ2v) is 5.69. The van der Waals surface area contributed by atoms with Crippen LogP contribution in [0.25, 0.3) is 0 Å². The van der Waals surface area contributed by atoms with Crippen molar-refractivity contribution in [1.29, 1.82) is 0 Å². The minimum absolute atomic E-state index is 0.131. The second kappa shape index (κ2) is 4.56. The van der Waals surface area contributed by atoms with Gasteiger partial charge in [0.15, 0.2) is 5.84 Å². The number of hydrogen-bond donors (Lipinski definition) is 4. The third-order valence-electron chi connectivity index (χ3n) is 3.06. The summed E-state index contributed by atoms with van der Waals surface area (Å²) in [6.07, 6.45) is 2.58. The molecule has 94 valence electrons. The standard InChI is InChI=1S/C8H18N4O3S/c1-6-2-4-8(5-3-6,7(9)11-13)12-16(10,14)15/h6,12-13H,2-5H2,1H3,(H2,9,11)(H2,10,14,15). The van der Waals surface area contributed by atoms with Gasteiger partial charge < -0.3 is 10.9 Å². The van der Waals surface area contributed by atoms with Crippen LogP contribution in [-0.4, -0.2) is 25.0 Å². The quantitative estimate of drug-likeness (QED) is 0.232. The monoisotopic (exact) mass is 250 g/mol. The van der Waals surface area contributed by atoms with Gasteiger partial charge in [-0.3, -0.25) is 0 Å². The van der Waals surface area contributed by atoms with Crippen molar-refractivity contribution in [3.8, 4) is 0 Å². The molecule has 7 nitrogen and oxygen atoms in total. The van der Waals surface area contributed by atoms with Crippen LogP contribution in [0.3, 0.4) is 0 Å². The summed E-state index contributed by atoms with van der Waals surface area (Å²) in [6, 6.07) is 0. The van der Waals surface area contributed by atoms with Gasteiger partial charge in [0.25, 0.3) is 10.2 Å². The largest absolute Gasteiger partial charge is 0.409 e. The summed E-state index contributed by atoms with van der Waals surface area (Å²) < 4.78 is 24.4. The molecule has 1 aliphatic rings. The second-order valence-electron chi connectivity index (χ2n) is 4.40. The number of amidine groups is 1. The highest BCUT2D eigenvalue weighted by Crippen LogP contribution is 2.32. The van der Waals surface area contributed by atoms with Gasteiger partial charge >= 0.3 is 0 Å². The fourth-order valence-corrected chi connectivity index (χ4v) is 2.89. The molecule has 0 amide bonds. The molecule has 0 aromatic heterocycles. The van der Waals surface area contributed by atoms with E-state index in [0.717, 1.165) is 12.8 Å². The van der Waals surface area contributed by atoms with Crippen molar-refractivity contribution in [2.24, 2.45) is 21.9 Å². The summed E-state index contributed by atoms with van der Waals surface area (Å²) in [5, 5.41) is 16.6. The topological polar surface area (TPSA) is 131 Å². The minimum atomic E-state index is -3.88. The molecule has 1 rings (SSSR count). The molecule has 1 fully saturated rings. The van der Waals surface area contributed by atoms with Crippen molar-refractivity contribution >= 4 is 16.0 Å². The summed E-state index contributed by atoms with van der Waals surface area (Å²) in [7, 11) is -3.88. The third-order valence-corrected chi connectivity index (χ3v) is 3.74. The first-order valence-electron chi connectivity index (χ1n) is 5.09. The highest BCUT2D eigenvalue weighted by atomic mass is 32.2. The van der Waals surface area contributed by atoms with E-state index in [1.807, 2.05) is 0 Å². The summed E-state index contributed by atoms with van der Waals surface area (Å²) in [4.78, 5) is 0. The predicted molar refractivity (Wildman–Crippen MR) is 60.0 cm³/mol. The maximum atomic E-state index is 11.1. The first-order valence-corrected chi connectivity index (χ1v) is 6.63. The Hall–Kier alpha value is -0.860. The third kappa shape index (κ3) is 3.06. The SMILES string of the molecule is CC1CCC(NS(N)(=O)=O)(C(N)=NO)CC1. The number of nitrogens with zero attached hydrogens (tertiary/aromatic N) is 1. The van der Waals surface area contributed by atoms with E-state index in [4.69, 9.17) is 16.1 Å². The molecule has 0 bridgehead atoms. The van der Waals surface area contributed by atoms with Gasteiger partial charge in [-0.05, 0) is 31.6 Å². The van der Waals surface area contributed by atoms with E-state index in [1.54, 1.807) is 0 Å². The molecule has 8 heteroatoms. The molecule has 0 unspecified atom stereocenters. The lowest BCUT2D eigenvalue weighted by Gasteiger charge is -2.37. The van der Waals surface area contributed by atoms with E-state index in [-0.39, 0.29) is 5.84 Å². The van der Waals surface area contributed by atoms with Gasteiger partial charge in [-0.2, -0.15) is 13.1 Å². The van der Waals surface area contributed by atoms with E-state index < -0.39 is 15.7 Å². The molecule has 0 heterocycles. The molecule has 6 N–H and O–H groups in total. The lowest BCUT2D eigenvalue weighted by Crippen LogP contribution is -2.60. The zero-order valence-electron chi connectivity index (χ0n) is 9.18. The van der Waals surface area contributed by atoms with Crippen LogP contribution in [0.5, 0.6) is 0 Å². The highest BCUT2D eigenvalue weighted by molar-refractivity contribution is 7.87. The zero-order chi connectivity index (χ0) is 12.4. The Kier molecular flexibility index (Phi) is 3.76. The van der Waals surface area contributed by atoms with Gasteiger partial charge in [0.05, 0.1) is 5.54 Å². The number of nitrogens with two attached hydrogens (primary N) is 2. The molecule has 0 atom stereocenters. The molecule has 0 aromatic carbocycles. The van der Waals surface area contributed by atoms with Gasteiger partial charge in [0.1, 0.15) is 0 Å². The van der Waals surface area contributed by atoms with Crippen LogP contribution in [0.4, 0.5) is 0 Å². The molecule has 0 spiro atoms. The van der Waals surface area contributed by atoms with Crippen molar-refractivity contribution < 1.29 is 13.6 Å². The van der Waals surface area contributed by atoms with Gasteiger partial charge in [0.2, 0.25) is 0 Å². The molecule has 1 saturated carbocycles. The van der Waals surface area contributed by atoms with Crippen LogP contribution < -0.4 is 15.6 Å². The van der Waals surface area contributed by atoms with E-state index in [9.17, 15) is 8.42 Å². The van der Waals surface area contributed by atoms with E-state index in [0.29, 0.717) is 18.8 Å². The predicted octanol–water partition coefficient (Wildman–Crippen LogP) is -0.525. The molecule has 1 aliphatic carbocycles. The summed E-state index contributed by atoms with van der Waals surface area (Å²) in [5.74, 6) is 0.371.